The van der Waals surface area contributed by atoms with Gasteiger partial charge < -0.3 is 9.47 Å². The van der Waals surface area contributed by atoms with Crippen LogP contribution in [0.2, 0.25) is 39.3 Å². The van der Waals surface area contributed by atoms with E-state index in [4.69, 9.17) is 0 Å². The van der Waals surface area contributed by atoms with Crippen molar-refractivity contribution in [1.82, 2.24) is 4.57 Å². The van der Waals surface area contributed by atoms with Crippen LogP contribution in [-0.2, 0) is 5.41 Å². The van der Waals surface area contributed by atoms with Gasteiger partial charge in [-0.3, -0.25) is 0 Å². The summed E-state index contributed by atoms with van der Waals surface area (Å²) in [6, 6.07) is 58.0. The molecule has 1 heterocycles. The third-order valence-corrected chi connectivity index (χ3v) is 17.0. The van der Waals surface area contributed by atoms with Crippen LogP contribution >= 0.6 is 0 Å². The molecule has 0 saturated carbocycles. The van der Waals surface area contributed by atoms with Crippen molar-refractivity contribution in [3.8, 4) is 16.8 Å². The van der Waals surface area contributed by atoms with Gasteiger partial charge in [0.1, 0.15) is 0 Å². The summed E-state index contributed by atoms with van der Waals surface area (Å²) in [6.07, 6.45) is 0. The quantitative estimate of drug-likeness (QED) is 0.152. The Morgan fingerprint density at radius 2 is 1.07 bits per heavy atom. The third kappa shape index (κ3) is 5.64. The first-order valence-electron chi connectivity index (χ1n) is 20.9. The van der Waals surface area contributed by atoms with Crippen LogP contribution < -0.4 is 15.3 Å². The lowest BCUT2D eigenvalue weighted by atomic mass is 9.81. The van der Waals surface area contributed by atoms with E-state index in [1.165, 1.54) is 98.6 Å². The summed E-state index contributed by atoms with van der Waals surface area (Å²) in [6.45, 7) is 21.8. The number of hydrogen-bond donors (Lipinski definition) is 0. The van der Waals surface area contributed by atoms with Crippen LogP contribution in [0.3, 0.4) is 0 Å². The van der Waals surface area contributed by atoms with E-state index < -0.39 is 16.1 Å². The first-order valence-corrected chi connectivity index (χ1v) is 27.9. The summed E-state index contributed by atoms with van der Waals surface area (Å²) >= 11 is 0. The fraction of sp³-hybridized carbons (Fsp3) is 0.185. The molecule has 0 N–H and O–H groups in total. The van der Waals surface area contributed by atoms with E-state index in [9.17, 15) is 0 Å². The molecule has 0 aliphatic heterocycles. The Bertz CT molecular complexity index is 3040. The standard InChI is InChI=1S/C54H52N2Si2/c1-35-21-23-37(24-22-35)55(49-20-14-16-36-15-10-11-17-41(36)49)52-34-48-53(43-19-13-12-18-42(43)52)44-28-25-38(31-47(44)54(48,2)3)56-50-29-26-39(57(4,5)6)32-45(50)46-33-40(58(7,8)9)27-30-51(46)56/h10-34H,1-9H3. The van der Waals surface area contributed by atoms with Gasteiger partial charge in [-0.2, -0.15) is 0 Å². The second kappa shape index (κ2) is 12.9. The Morgan fingerprint density at radius 1 is 0.483 bits per heavy atom. The summed E-state index contributed by atoms with van der Waals surface area (Å²) in [7, 11) is -3.05. The average Bonchev–Trinajstić information content (AvgIpc) is 3.65. The molecule has 1 aliphatic rings. The second-order valence-corrected chi connectivity index (χ2v) is 29.3. The highest BCUT2D eigenvalue weighted by atomic mass is 28.3. The predicted molar refractivity (Wildman–Crippen MR) is 259 cm³/mol. The SMILES string of the molecule is Cc1ccc(N(c2cccc3ccccc23)c2cc3c(c4ccccc24)-c2ccc(-n4c5ccc([Si](C)(C)C)cc5c5cc([Si](C)(C)C)ccc54)cc2C3(C)C)cc1. The summed E-state index contributed by atoms with van der Waals surface area (Å²) in [4.78, 5) is 2.50. The van der Waals surface area contributed by atoms with Crippen LogP contribution in [0.1, 0.15) is 30.5 Å². The van der Waals surface area contributed by atoms with Crippen LogP contribution in [0.5, 0.6) is 0 Å². The molecule has 0 spiro atoms. The van der Waals surface area contributed by atoms with Gasteiger partial charge in [-0.1, -0.05) is 172 Å². The van der Waals surface area contributed by atoms with Crippen molar-refractivity contribution in [1.29, 1.82) is 0 Å². The molecule has 0 saturated heterocycles. The number of aromatic nitrogens is 1. The van der Waals surface area contributed by atoms with E-state index in [-0.39, 0.29) is 5.41 Å². The van der Waals surface area contributed by atoms with E-state index in [1.54, 1.807) is 0 Å². The maximum atomic E-state index is 2.54. The minimum atomic E-state index is -1.53. The van der Waals surface area contributed by atoms with Crippen LogP contribution in [-0.4, -0.2) is 20.7 Å². The zero-order chi connectivity index (χ0) is 40.3. The minimum Gasteiger partial charge on any atom is -0.309 e. The summed E-state index contributed by atoms with van der Waals surface area (Å²) in [5.41, 5.74) is 13.8. The van der Waals surface area contributed by atoms with E-state index in [1.807, 2.05) is 0 Å². The molecule has 8 aromatic carbocycles. The molecule has 2 nitrogen and oxygen atoms in total. The number of aryl methyl sites for hydroxylation is 1. The Morgan fingerprint density at radius 3 is 1.71 bits per heavy atom. The second-order valence-electron chi connectivity index (χ2n) is 19.2. The molecule has 0 fully saturated rings. The molecule has 4 heteroatoms. The lowest BCUT2D eigenvalue weighted by molar-refractivity contribution is 0.660. The maximum absolute atomic E-state index is 2.54. The number of fused-ring (bicyclic) bond motifs is 9. The lowest BCUT2D eigenvalue weighted by Crippen LogP contribution is -2.37. The zero-order valence-electron chi connectivity index (χ0n) is 35.3. The third-order valence-electron chi connectivity index (χ3n) is 12.9. The molecule has 58 heavy (non-hydrogen) atoms. The van der Waals surface area contributed by atoms with Gasteiger partial charge >= 0.3 is 0 Å². The van der Waals surface area contributed by atoms with Crippen molar-refractivity contribution in [2.24, 2.45) is 0 Å². The van der Waals surface area contributed by atoms with Gasteiger partial charge in [-0.05, 0) is 88.5 Å². The van der Waals surface area contributed by atoms with Crippen molar-refractivity contribution in [2.75, 3.05) is 4.90 Å². The average molecular weight is 785 g/mol. The summed E-state index contributed by atoms with van der Waals surface area (Å²) < 4.78 is 2.54. The number of nitrogens with zero attached hydrogens (tertiary/aromatic N) is 2. The summed E-state index contributed by atoms with van der Waals surface area (Å²) in [5.74, 6) is 0. The number of hydrogen-bond acceptors (Lipinski definition) is 1. The largest absolute Gasteiger partial charge is 0.309 e. The first kappa shape index (κ1) is 36.6. The molecule has 0 atom stereocenters. The zero-order valence-corrected chi connectivity index (χ0v) is 37.3. The van der Waals surface area contributed by atoms with Crippen LogP contribution in [0.15, 0.2) is 152 Å². The highest BCUT2D eigenvalue weighted by Gasteiger charge is 2.38. The minimum absolute atomic E-state index is 0.244. The van der Waals surface area contributed by atoms with Gasteiger partial charge in [0.05, 0.1) is 38.6 Å². The molecule has 0 bridgehead atoms. The molecule has 1 aliphatic carbocycles. The molecule has 0 amide bonds. The van der Waals surface area contributed by atoms with Crippen LogP contribution in [0, 0.1) is 6.92 Å². The number of benzene rings is 8. The molecular weight excluding hydrogens is 733 g/mol. The molecular formula is C54H52N2Si2. The molecule has 0 unspecified atom stereocenters. The van der Waals surface area contributed by atoms with Crippen molar-refractivity contribution in [3.63, 3.8) is 0 Å². The Hall–Kier alpha value is -5.69. The van der Waals surface area contributed by atoms with E-state index in [0.717, 1.165) is 5.69 Å². The van der Waals surface area contributed by atoms with Crippen molar-refractivity contribution in [3.05, 3.63) is 168 Å². The Balaban J connectivity index is 1.20. The predicted octanol–water partition coefficient (Wildman–Crippen LogP) is 14.3. The molecule has 1 aromatic heterocycles. The topological polar surface area (TPSA) is 8.17 Å². The number of anilines is 3. The highest BCUT2D eigenvalue weighted by molar-refractivity contribution is 6.89. The Kier molecular flexibility index (Phi) is 8.16. The van der Waals surface area contributed by atoms with Gasteiger partial charge in [0, 0.05) is 38.3 Å². The molecule has 10 rings (SSSR count). The van der Waals surface area contributed by atoms with E-state index >= 15 is 0 Å². The van der Waals surface area contributed by atoms with Crippen molar-refractivity contribution >= 4 is 86.9 Å². The van der Waals surface area contributed by atoms with Crippen molar-refractivity contribution in [2.45, 2.75) is 65.5 Å². The van der Waals surface area contributed by atoms with Crippen LogP contribution in [0.4, 0.5) is 17.1 Å². The van der Waals surface area contributed by atoms with Crippen LogP contribution in [0.25, 0.3) is 60.2 Å². The lowest BCUT2D eigenvalue weighted by Gasteiger charge is -2.30. The molecule has 9 aromatic rings. The first-order chi connectivity index (χ1) is 27.7. The van der Waals surface area contributed by atoms with E-state index in [2.05, 4.69) is 221 Å². The van der Waals surface area contributed by atoms with Gasteiger partial charge in [-0.15, -0.1) is 0 Å². The van der Waals surface area contributed by atoms with E-state index in [0.29, 0.717) is 0 Å². The fourth-order valence-corrected chi connectivity index (χ4v) is 11.9. The normalized spacial score (nSPS) is 13.7. The maximum Gasteiger partial charge on any atom is 0.0776 e. The molecule has 286 valence electrons. The van der Waals surface area contributed by atoms with Gasteiger partial charge in [0.25, 0.3) is 0 Å². The fourth-order valence-electron chi connectivity index (χ4n) is 9.62. The smallest absolute Gasteiger partial charge is 0.0776 e. The molecule has 0 radical (unpaired) electrons. The monoisotopic (exact) mass is 784 g/mol. The van der Waals surface area contributed by atoms with Gasteiger partial charge in [0.15, 0.2) is 0 Å². The van der Waals surface area contributed by atoms with Gasteiger partial charge in [0.2, 0.25) is 0 Å². The Labute approximate surface area is 345 Å². The summed E-state index contributed by atoms with van der Waals surface area (Å²) in [5, 5.41) is 10.8. The van der Waals surface area contributed by atoms with Gasteiger partial charge in [-0.25, -0.2) is 0 Å². The number of rotatable bonds is 6. The highest BCUT2D eigenvalue weighted by Crippen LogP contribution is 2.55. The van der Waals surface area contributed by atoms with Crippen molar-refractivity contribution < 1.29 is 0 Å².